The van der Waals surface area contributed by atoms with Gasteiger partial charge in [-0.25, -0.2) is 4.98 Å². The third-order valence-electron chi connectivity index (χ3n) is 3.75. The molecule has 0 saturated heterocycles. The van der Waals surface area contributed by atoms with E-state index in [1.54, 1.807) is 43.8 Å². The van der Waals surface area contributed by atoms with Crippen molar-refractivity contribution in [2.75, 3.05) is 12.8 Å². The molecule has 0 spiro atoms. The number of nitrogens with two attached hydrogens (primary N) is 1. The maximum absolute atomic E-state index is 5.99. The van der Waals surface area contributed by atoms with Gasteiger partial charge >= 0.3 is 0 Å². The van der Waals surface area contributed by atoms with Gasteiger partial charge in [0.2, 0.25) is 5.89 Å². The van der Waals surface area contributed by atoms with Crippen molar-refractivity contribution < 1.29 is 13.9 Å². The second-order valence-electron chi connectivity index (χ2n) is 5.51. The molecular weight excluding hydrogens is 346 g/mol. The maximum atomic E-state index is 5.99. The van der Waals surface area contributed by atoms with Crippen LogP contribution in [0.2, 0.25) is 0 Å². The minimum atomic E-state index is 0.240. The molecule has 1 aromatic carbocycles. The molecule has 27 heavy (non-hydrogen) atoms. The first-order valence-electron chi connectivity index (χ1n) is 8.05. The molecule has 0 radical (unpaired) electrons. The topological polar surface area (TPSA) is 109 Å². The Morgan fingerprint density at radius 3 is 2.56 bits per heavy atom. The third kappa shape index (κ3) is 3.40. The van der Waals surface area contributed by atoms with Crippen molar-refractivity contribution in [1.82, 2.24) is 20.2 Å². The van der Waals surface area contributed by atoms with Gasteiger partial charge in [0.15, 0.2) is 11.5 Å². The zero-order valence-electron chi connectivity index (χ0n) is 14.4. The SMILES string of the molecule is COc1ccccc1Oc1cnc(N)c(-c2nnc(-c3cccnc3)o2)c1. The standard InChI is InChI=1S/C19H15N5O3/c1-25-15-6-2-3-7-16(15)26-13-9-14(17(20)22-11-13)19-24-23-18(27-19)12-5-4-8-21-10-12/h2-11H,1H3,(H2,20,22). The van der Waals surface area contributed by atoms with Crippen molar-refractivity contribution in [2.24, 2.45) is 0 Å². The highest BCUT2D eigenvalue weighted by Gasteiger charge is 2.16. The molecule has 4 aromatic rings. The van der Waals surface area contributed by atoms with Crippen LogP contribution in [-0.4, -0.2) is 27.3 Å². The highest BCUT2D eigenvalue weighted by Crippen LogP contribution is 2.34. The van der Waals surface area contributed by atoms with Crippen molar-refractivity contribution in [3.63, 3.8) is 0 Å². The Hall–Kier alpha value is -3.94. The minimum absolute atomic E-state index is 0.240. The van der Waals surface area contributed by atoms with Crippen LogP contribution in [0.15, 0.2) is 65.5 Å². The monoisotopic (exact) mass is 361 g/mol. The van der Waals surface area contributed by atoms with E-state index in [1.807, 2.05) is 18.2 Å². The van der Waals surface area contributed by atoms with Gasteiger partial charge in [0.1, 0.15) is 11.6 Å². The molecule has 0 bridgehead atoms. The summed E-state index contributed by atoms with van der Waals surface area (Å²) in [5, 5.41) is 8.10. The predicted molar refractivity (Wildman–Crippen MR) is 98.2 cm³/mol. The van der Waals surface area contributed by atoms with E-state index in [0.29, 0.717) is 34.3 Å². The molecule has 0 atom stereocenters. The van der Waals surface area contributed by atoms with Crippen LogP contribution in [0.3, 0.4) is 0 Å². The van der Waals surface area contributed by atoms with E-state index >= 15 is 0 Å². The van der Waals surface area contributed by atoms with Crippen LogP contribution in [0.4, 0.5) is 5.82 Å². The summed E-state index contributed by atoms with van der Waals surface area (Å²) >= 11 is 0. The fourth-order valence-electron chi connectivity index (χ4n) is 2.45. The lowest BCUT2D eigenvalue weighted by Gasteiger charge is -2.10. The fourth-order valence-corrected chi connectivity index (χ4v) is 2.45. The van der Waals surface area contributed by atoms with Crippen LogP contribution >= 0.6 is 0 Å². The quantitative estimate of drug-likeness (QED) is 0.574. The van der Waals surface area contributed by atoms with E-state index < -0.39 is 0 Å². The van der Waals surface area contributed by atoms with E-state index in [1.165, 1.54) is 6.20 Å². The van der Waals surface area contributed by atoms with E-state index in [4.69, 9.17) is 19.6 Å². The zero-order chi connectivity index (χ0) is 18.6. The molecule has 8 heteroatoms. The summed E-state index contributed by atoms with van der Waals surface area (Å²) in [5.74, 6) is 2.46. The first-order valence-corrected chi connectivity index (χ1v) is 8.05. The van der Waals surface area contributed by atoms with Crippen molar-refractivity contribution >= 4 is 5.82 Å². The average molecular weight is 361 g/mol. The van der Waals surface area contributed by atoms with E-state index in [0.717, 1.165) is 0 Å². The van der Waals surface area contributed by atoms with Crippen molar-refractivity contribution in [3.05, 3.63) is 61.1 Å². The van der Waals surface area contributed by atoms with Crippen LogP contribution < -0.4 is 15.2 Å². The lowest BCUT2D eigenvalue weighted by molar-refractivity contribution is 0.378. The third-order valence-corrected chi connectivity index (χ3v) is 3.75. The van der Waals surface area contributed by atoms with Crippen LogP contribution in [0, 0.1) is 0 Å². The molecular formula is C19H15N5O3. The normalized spacial score (nSPS) is 10.6. The Labute approximate surface area is 154 Å². The molecule has 0 aliphatic heterocycles. The summed E-state index contributed by atoms with van der Waals surface area (Å²) in [6, 6.07) is 12.6. The number of hydrogen-bond donors (Lipinski definition) is 1. The summed E-state index contributed by atoms with van der Waals surface area (Å²) in [5.41, 5.74) is 7.18. The Morgan fingerprint density at radius 2 is 1.78 bits per heavy atom. The van der Waals surface area contributed by atoms with E-state index in [9.17, 15) is 0 Å². The number of benzene rings is 1. The Morgan fingerprint density at radius 1 is 0.963 bits per heavy atom. The molecule has 0 amide bonds. The second kappa shape index (κ2) is 7.12. The molecule has 0 aliphatic carbocycles. The number of para-hydroxylation sites is 2. The van der Waals surface area contributed by atoms with Crippen LogP contribution in [0.5, 0.6) is 17.2 Å². The maximum Gasteiger partial charge on any atom is 0.252 e. The Balaban J connectivity index is 1.66. The number of pyridine rings is 2. The largest absolute Gasteiger partial charge is 0.493 e. The first-order chi connectivity index (χ1) is 13.2. The van der Waals surface area contributed by atoms with Gasteiger partial charge in [-0.3, -0.25) is 4.98 Å². The van der Waals surface area contributed by atoms with Gasteiger partial charge in [-0.1, -0.05) is 12.1 Å². The summed E-state index contributed by atoms with van der Waals surface area (Å²) in [6.07, 6.45) is 4.82. The van der Waals surface area contributed by atoms with Crippen LogP contribution in [-0.2, 0) is 0 Å². The summed E-state index contributed by atoms with van der Waals surface area (Å²) in [6.45, 7) is 0. The molecule has 0 unspecified atom stereocenters. The summed E-state index contributed by atoms with van der Waals surface area (Å²) in [7, 11) is 1.58. The number of ether oxygens (including phenoxy) is 2. The Bertz CT molecular complexity index is 1070. The number of rotatable bonds is 5. The molecule has 2 N–H and O–H groups in total. The number of nitrogen functional groups attached to an aromatic ring is 1. The van der Waals surface area contributed by atoms with Gasteiger partial charge in [-0.05, 0) is 30.3 Å². The molecule has 8 nitrogen and oxygen atoms in total. The van der Waals surface area contributed by atoms with Crippen LogP contribution in [0.25, 0.3) is 22.9 Å². The molecule has 3 heterocycles. The molecule has 0 saturated carbocycles. The number of anilines is 1. The van der Waals surface area contributed by atoms with Gasteiger partial charge < -0.3 is 19.6 Å². The first kappa shape index (κ1) is 16.5. The van der Waals surface area contributed by atoms with Gasteiger partial charge in [0.25, 0.3) is 5.89 Å². The zero-order valence-corrected chi connectivity index (χ0v) is 14.4. The second-order valence-corrected chi connectivity index (χ2v) is 5.51. The minimum Gasteiger partial charge on any atom is -0.493 e. The molecule has 134 valence electrons. The molecule has 0 fully saturated rings. The van der Waals surface area contributed by atoms with E-state index in [2.05, 4.69) is 20.2 Å². The lowest BCUT2D eigenvalue weighted by Crippen LogP contribution is -1.96. The fraction of sp³-hybridized carbons (Fsp3) is 0.0526. The van der Waals surface area contributed by atoms with Gasteiger partial charge in [0.05, 0.1) is 24.4 Å². The number of hydrogen-bond acceptors (Lipinski definition) is 8. The summed E-state index contributed by atoms with van der Waals surface area (Å²) < 4.78 is 16.9. The Kier molecular flexibility index (Phi) is 4.36. The predicted octanol–water partition coefficient (Wildman–Crippen LogP) is 3.58. The van der Waals surface area contributed by atoms with Crippen LogP contribution in [0.1, 0.15) is 0 Å². The van der Waals surface area contributed by atoms with Gasteiger partial charge in [-0.2, -0.15) is 0 Å². The average Bonchev–Trinajstić information content (AvgIpc) is 3.20. The smallest absolute Gasteiger partial charge is 0.252 e. The summed E-state index contributed by atoms with van der Waals surface area (Å²) in [4.78, 5) is 8.20. The lowest BCUT2D eigenvalue weighted by atomic mass is 10.2. The number of aromatic nitrogens is 4. The number of nitrogens with zero attached hydrogens (tertiary/aromatic N) is 4. The molecule has 0 aliphatic rings. The molecule has 3 aromatic heterocycles. The van der Waals surface area contributed by atoms with E-state index in [-0.39, 0.29) is 11.7 Å². The number of methoxy groups -OCH3 is 1. The molecule has 4 rings (SSSR count). The highest BCUT2D eigenvalue weighted by molar-refractivity contribution is 5.69. The van der Waals surface area contributed by atoms with Crippen molar-refractivity contribution in [2.45, 2.75) is 0 Å². The van der Waals surface area contributed by atoms with Gasteiger partial charge in [0, 0.05) is 12.4 Å². The van der Waals surface area contributed by atoms with Crippen molar-refractivity contribution in [1.29, 1.82) is 0 Å². The highest BCUT2D eigenvalue weighted by atomic mass is 16.5. The van der Waals surface area contributed by atoms with Gasteiger partial charge in [-0.15, -0.1) is 10.2 Å². The van der Waals surface area contributed by atoms with Crippen molar-refractivity contribution in [3.8, 4) is 40.2 Å².